The van der Waals surface area contributed by atoms with Gasteiger partial charge in [-0.2, -0.15) is 5.10 Å². The van der Waals surface area contributed by atoms with Crippen LogP contribution in [0.5, 0.6) is 0 Å². The molecule has 1 aromatic heterocycles. The minimum absolute atomic E-state index is 0.106. The Morgan fingerprint density at radius 2 is 1.79 bits per heavy atom. The Bertz CT molecular complexity index is 1470. The van der Waals surface area contributed by atoms with E-state index in [9.17, 15) is 23.5 Å². The van der Waals surface area contributed by atoms with E-state index in [1.807, 2.05) is 33.0 Å². The van der Waals surface area contributed by atoms with Crippen LogP contribution in [0.25, 0.3) is 17.0 Å². The standard InChI is InChI=1S/C35H47F3N4O5/c1-22-5-7-27(43)20-32(44)47-33(23(2)6-8-31(22)46-34(45)41-15-13-40(4)14-16-41)24(3)17-25-18-29(36)28-21-39-42(30(28)19-25)26-9-11-35(37,38)12-10-26/h6,8,17-19,21-23,26-27,31,33,43H,5,7,9-16,20H2,1-4H3/b8-6?,24-17+/t22-,23-,27+,31-,33-/m0/s1. The number of ether oxygens (including phenoxy) is 2. The van der Waals surface area contributed by atoms with Crippen LogP contribution in [0.2, 0.25) is 0 Å². The van der Waals surface area contributed by atoms with E-state index in [2.05, 4.69) is 10.00 Å². The topological polar surface area (TPSA) is 97.1 Å². The Morgan fingerprint density at radius 1 is 1.09 bits per heavy atom. The monoisotopic (exact) mass is 660 g/mol. The van der Waals surface area contributed by atoms with Crippen LogP contribution < -0.4 is 0 Å². The number of cyclic esters (lactones) is 1. The number of esters is 1. The number of nitrogens with zero attached hydrogens (tertiary/aromatic N) is 4. The molecule has 0 unspecified atom stereocenters. The minimum atomic E-state index is -2.69. The molecule has 5 rings (SSSR count). The maximum Gasteiger partial charge on any atom is 0.410 e. The fourth-order valence-corrected chi connectivity index (χ4v) is 6.74. The Kier molecular flexibility index (Phi) is 11.0. The summed E-state index contributed by atoms with van der Waals surface area (Å²) in [5.74, 6) is -4.18. The largest absolute Gasteiger partial charge is 0.457 e. The summed E-state index contributed by atoms with van der Waals surface area (Å²) in [6.07, 6.45) is 5.04. The third kappa shape index (κ3) is 8.76. The van der Waals surface area contributed by atoms with Gasteiger partial charge in [-0.25, -0.2) is 18.0 Å². The van der Waals surface area contributed by atoms with Gasteiger partial charge in [0.1, 0.15) is 18.0 Å². The van der Waals surface area contributed by atoms with Crippen molar-refractivity contribution in [1.82, 2.24) is 19.6 Å². The number of alkyl halides is 2. The highest BCUT2D eigenvalue weighted by atomic mass is 19.3. The lowest BCUT2D eigenvalue weighted by molar-refractivity contribution is -0.151. The zero-order valence-electron chi connectivity index (χ0n) is 27.7. The van der Waals surface area contributed by atoms with Gasteiger partial charge in [-0.05, 0) is 74.9 Å². The van der Waals surface area contributed by atoms with Crippen molar-refractivity contribution in [3.8, 4) is 0 Å². The molecule has 3 aliphatic rings. The number of piperazine rings is 1. The van der Waals surface area contributed by atoms with Crippen molar-refractivity contribution in [2.75, 3.05) is 33.2 Å². The van der Waals surface area contributed by atoms with Gasteiger partial charge in [-0.1, -0.05) is 26.0 Å². The highest BCUT2D eigenvalue weighted by molar-refractivity contribution is 5.82. The smallest absolute Gasteiger partial charge is 0.410 e. The van der Waals surface area contributed by atoms with Crippen molar-refractivity contribution in [1.29, 1.82) is 0 Å². The number of halogens is 3. The highest BCUT2D eigenvalue weighted by Gasteiger charge is 2.36. The number of carbonyl (C=O) groups excluding carboxylic acids is 2. The predicted molar refractivity (Wildman–Crippen MR) is 172 cm³/mol. The predicted octanol–water partition coefficient (Wildman–Crippen LogP) is 6.37. The van der Waals surface area contributed by atoms with Gasteiger partial charge in [0.25, 0.3) is 0 Å². The first-order valence-corrected chi connectivity index (χ1v) is 16.7. The molecule has 0 bridgehead atoms. The number of hydrogen-bond acceptors (Lipinski definition) is 7. The van der Waals surface area contributed by atoms with E-state index in [0.29, 0.717) is 48.0 Å². The van der Waals surface area contributed by atoms with Gasteiger partial charge in [0.15, 0.2) is 0 Å². The summed E-state index contributed by atoms with van der Waals surface area (Å²) >= 11 is 0. The van der Waals surface area contributed by atoms with Crippen LogP contribution in [0, 0.1) is 17.7 Å². The molecule has 9 nitrogen and oxygen atoms in total. The van der Waals surface area contributed by atoms with Crippen molar-refractivity contribution in [3.05, 3.63) is 47.4 Å². The van der Waals surface area contributed by atoms with E-state index >= 15 is 4.39 Å². The molecule has 47 heavy (non-hydrogen) atoms. The number of aliphatic hydroxyl groups is 1. The summed E-state index contributed by atoms with van der Waals surface area (Å²) in [6, 6.07) is 2.90. The average Bonchev–Trinajstić information content (AvgIpc) is 3.44. The normalized spacial score (nSPS) is 28.9. The molecule has 1 aromatic carbocycles. The van der Waals surface area contributed by atoms with Crippen LogP contribution in [0.3, 0.4) is 0 Å². The van der Waals surface area contributed by atoms with E-state index in [0.717, 1.165) is 13.1 Å². The Labute approximate surface area is 274 Å². The molecule has 1 amide bonds. The second kappa shape index (κ2) is 14.8. The van der Waals surface area contributed by atoms with Crippen LogP contribution in [0.1, 0.15) is 77.3 Å². The first-order valence-electron chi connectivity index (χ1n) is 16.7. The summed E-state index contributed by atoms with van der Waals surface area (Å²) < 4.78 is 56.5. The van der Waals surface area contributed by atoms with E-state index in [4.69, 9.17) is 9.47 Å². The summed E-state index contributed by atoms with van der Waals surface area (Å²) in [5, 5.41) is 15.3. The number of benzene rings is 1. The Balaban J connectivity index is 1.39. The number of aromatic nitrogens is 2. The van der Waals surface area contributed by atoms with E-state index in [-0.39, 0.29) is 56.1 Å². The molecule has 258 valence electrons. The summed E-state index contributed by atoms with van der Waals surface area (Å²) in [7, 11) is 2.01. The molecular formula is C35H47F3N4O5. The van der Waals surface area contributed by atoms with Crippen LogP contribution in [0.4, 0.5) is 18.0 Å². The first kappa shape index (κ1) is 34.9. The molecule has 2 aromatic rings. The van der Waals surface area contributed by atoms with Crippen LogP contribution in [-0.2, 0) is 14.3 Å². The Hall–Kier alpha value is -3.38. The minimum Gasteiger partial charge on any atom is -0.457 e. The number of fused-ring (bicyclic) bond motifs is 1. The van der Waals surface area contributed by atoms with Crippen molar-refractivity contribution in [2.24, 2.45) is 11.8 Å². The molecule has 1 saturated carbocycles. The maximum absolute atomic E-state index is 15.3. The van der Waals surface area contributed by atoms with Gasteiger partial charge in [-0.15, -0.1) is 0 Å². The van der Waals surface area contributed by atoms with Gasteiger partial charge < -0.3 is 24.4 Å². The van der Waals surface area contributed by atoms with Crippen LogP contribution in [0.15, 0.2) is 36.1 Å². The number of carbonyl (C=O) groups is 2. The number of hydrogen-bond donors (Lipinski definition) is 1. The molecule has 5 atom stereocenters. The van der Waals surface area contributed by atoms with Gasteiger partial charge in [-0.3, -0.25) is 9.48 Å². The van der Waals surface area contributed by atoms with Gasteiger partial charge in [0.05, 0.1) is 35.7 Å². The lowest BCUT2D eigenvalue weighted by atomic mass is 9.91. The van der Waals surface area contributed by atoms with Gasteiger partial charge in [0, 0.05) is 44.9 Å². The van der Waals surface area contributed by atoms with E-state index < -0.39 is 36.0 Å². The van der Waals surface area contributed by atoms with Crippen molar-refractivity contribution in [2.45, 2.75) is 96.0 Å². The molecule has 1 N–H and O–H groups in total. The van der Waals surface area contributed by atoms with E-state index in [1.54, 1.807) is 28.6 Å². The van der Waals surface area contributed by atoms with E-state index in [1.165, 1.54) is 12.3 Å². The first-order chi connectivity index (χ1) is 22.3. The van der Waals surface area contributed by atoms with Gasteiger partial charge in [0.2, 0.25) is 5.92 Å². The number of rotatable bonds is 4. The van der Waals surface area contributed by atoms with Gasteiger partial charge >= 0.3 is 12.1 Å². The molecule has 3 heterocycles. The molecule has 0 radical (unpaired) electrons. The van der Waals surface area contributed by atoms with Crippen molar-refractivity contribution >= 4 is 29.0 Å². The molecule has 12 heteroatoms. The zero-order chi connectivity index (χ0) is 33.9. The molecule has 2 aliphatic heterocycles. The lowest BCUT2D eigenvalue weighted by Crippen LogP contribution is -2.48. The molecule has 2 fully saturated rings. The third-order valence-electron chi connectivity index (χ3n) is 9.82. The second-order valence-corrected chi connectivity index (χ2v) is 13.7. The fourth-order valence-electron chi connectivity index (χ4n) is 6.74. The Morgan fingerprint density at radius 3 is 2.49 bits per heavy atom. The molecule has 1 saturated heterocycles. The number of aliphatic hydroxyl groups excluding tert-OH is 1. The lowest BCUT2D eigenvalue weighted by Gasteiger charge is -2.33. The fraction of sp³-hybridized carbons (Fsp3) is 0.629. The summed E-state index contributed by atoms with van der Waals surface area (Å²) in [4.78, 5) is 29.9. The summed E-state index contributed by atoms with van der Waals surface area (Å²) in [5.41, 5.74) is 1.68. The molecule has 1 aliphatic carbocycles. The zero-order valence-corrected chi connectivity index (χ0v) is 27.7. The maximum atomic E-state index is 15.3. The number of amides is 1. The number of likely N-dealkylation sites (N-methyl/N-ethyl adjacent to an activating group) is 1. The quantitative estimate of drug-likeness (QED) is 0.301. The van der Waals surface area contributed by atoms with Crippen LogP contribution >= 0.6 is 0 Å². The summed E-state index contributed by atoms with van der Waals surface area (Å²) in [6.45, 7) is 8.35. The van der Waals surface area contributed by atoms with Crippen LogP contribution in [-0.4, -0.2) is 94.2 Å². The van der Waals surface area contributed by atoms with Crippen molar-refractivity contribution < 1.29 is 37.3 Å². The third-order valence-corrected chi connectivity index (χ3v) is 9.82. The van der Waals surface area contributed by atoms with Crippen molar-refractivity contribution in [3.63, 3.8) is 0 Å². The highest BCUT2D eigenvalue weighted by Crippen LogP contribution is 2.39. The second-order valence-electron chi connectivity index (χ2n) is 13.7. The molecule has 0 spiro atoms. The average molecular weight is 661 g/mol. The molecular weight excluding hydrogens is 613 g/mol. The SMILES string of the molecule is C/C(=C\c1cc(F)c2cnn(C3CCC(F)(F)CC3)c2c1)[C@H]1OC(=O)C[C@H](O)CC[C@H](C)[C@@H](OC(=O)N2CCN(C)CC2)C=C[C@@H]1C.